The summed E-state index contributed by atoms with van der Waals surface area (Å²) in [6.45, 7) is 3.27. The van der Waals surface area contributed by atoms with Gasteiger partial charge >= 0.3 is 6.09 Å². The predicted octanol–water partition coefficient (Wildman–Crippen LogP) is 2.80. The van der Waals surface area contributed by atoms with E-state index in [4.69, 9.17) is 38.7 Å². The maximum atomic E-state index is 12.4. The molecule has 8 nitrogen and oxygen atoms in total. The van der Waals surface area contributed by atoms with Crippen LogP contribution in [-0.4, -0.2) is 73.1 Å². The quantitative estimate of drug-likeness (QED) is 0.363. The summed E-state index contributed by atoms with van der Waals surface area (Å²) < 4.78 is 10.8. The average molecular weight is 489 g/mol. The van der Waals surface area contributed by atoms with E-state index in [1.54, 1.807) is 12.2 Å². The highest BCUT2D eigenvalue weighted by Gasteiger charge is 2.33. The van der Waals surface area contributed by atoms with E-state index in [-0.39, 0.29) is 12.5 Å². The summed E-state index contributed by atoms with van der Waals surface area (Å²) in [7, 11) is 0. The van der Waals surface area contributed by atoms with Gasteiger partial charge in [0.1, 0.15) is 11.9 Å². The van der Waals surface area contributed by atoms with Gasteiger partial charge in [-0.15, -0.1) is 0 Å². The number of hydrogen-bond donors (Lipinski definition) is 2. The molecule has 2 amide bonds. The van der Waals surface area contributed by atoms with Crippen LogP contribution in [0.5, 0.6) is 0 Å². The predicted molar refractivity (Wildman–Crippen MR) is 130 cm³/mol. The number of cyclic esters (lactones) is 1. The molecule has 2 heterocycles. The third-order valence-electron chi connectivity index (χ3n) is 5.69. The number of nitrogens with one attached hydrogen (secondary N) is 2. The van der Waals surface area contributed by atoms with Gasteiger partial charge in [-0.1, -0.05) is 42.0 Å². The zero-order valence-electron chi connectivity index (χ0n) is 18.0. The third-order valence-corrected chi connectivity index (χ3v) is 6.34. The summed E-state index contributed by atoms with van der Waals surface area (Å²) in [5.41, 5.74) is 2.08. The third kappa shape index (κ3) is 5.79. The minimum absolute atomic E-state index is 0.178. The van der Waals surface area contributed by atoms with Gasteiger partial charge in [0.15, 0.2) is 0 Å². The van der Waals surface area contributed by atoms with Crippen molar-refractivity contribution in [3.8, 4) is 0 Å². The number of anilines is 1. The average Bonchev–Trinajstić information content (AvgIpc) is 3.20. The molecule has 1 atom stereocenters. The van der Waals surface area contributed by atoms with Crippen LogP contribution in [0.25, 0.3) is 0 Å². The largest absolute Gasteiger partial charge is 0.442 e. The number of carbonyl (C=O) groups excluding carboxylic acids is 2. The number of rotatable bonds is 6. The van der Waals surface area contributed by atoms with Crippen LogP contribution in [0.4, 0.5) is 10.5 Å². The fourth-order valence-electron chi connectivity index (χ4n) is 3.84. The first-order valence-electron chi connectivity index (χ1n) is 10.8. The highest BCUT2D eigenvalue weighted by molar-refractivity contribution is 7.81. The Kier molecular flexibility index (Phi) is 7.42. The normalized spacial score (nSPS) is 20.8. The maximum Gasteiger partial charge on any atom is 0.414 e. The van der Waals surface area contributed by atoms with Crippen LogP contribution in [0.1, 0.15) is 12.0 Å². The molecule has 1 aromatic carbocycles. The molecule has 0 spiro atoms. The van der Waals surface area contributed by atoms with E-state index >= 15 is 0 Å². The highest BCUT2D eigenvalue weighted by atomic mass is 35.5. The molecule has 0 radical (unpaired) electrons. The zero-order chi connectivity index (χ0) is 23.4. The number of amides is 2. The second-order valence-electron chi connectivity index (χ2n) is 7.99. The first-order chi connectivity index (χ1) is 15.9. The molecule has 174 valence electrons. The van der Waals surface area contributed by atoms with Gasteiger partial charge in [-0.25, -0.2) is 4.79 Å². The molecule has 10 heteroatoms. The zero-order valence-corrected chi connectivity index (χ0v) is 19.6. The second-order valence-corrected chi connectivity index (χ2v) is 8.92. The van der Waals surface area contributed by atoms with Crippen molar-refractivity contribution >= 4 is 52.2 Å². The van der Waals surface area contributed by atoms with E-state index in [0.717, 1.165) is 18.7 Å². The highest BCUT2D eigenvalue weighted by Crippen LogP contribution is 2.23. The number of halogens is 1. The molecule has 33 heavy (non-hydrogen) atoms. The first kappa shape index (κ1) is 23.4. The molecule has 1 aliphatic carbocycles. The van der Waals surface area contributed by atoms with Crippen LogP contribution in [0, 0.1) is 5.41 Å². The minimum atomic E-state index is -0.473. The van der Waals surface area contributed by atoms with Gasteiger partial charge in [-0.2, -0.15) is 0 Å². The topological polar surface area (TPSA) is 95.0 Å². The van der Waals surface area contributed by atoms with Gasteiger partial charge < -0.3 is 19.7 Å². The lowest BCUT2D eigenvalue weighted by atomic mass is 10.0. The summed E-state index contributed by atoms with van der Waals surface area (Å²) in [5.74, 6) is 0.236. The Morgan fingerprint density at radius 2 is 1.97 bits per heavy atom. The number of thiocarbonyl (C=S) groups is 1. The summed E-state index contributed by atoms with van der Waals surface area (Å²) in [6.07, 6.45) is 3.36. The van der Waals surface area contributed by atoms with Gasteiger partial charge in [-0.05, 0) is 23.8 Å². The number of amidine groups is 1. The smallest absolute Gasteiger partial charge is 0.414 e. The van der Waals surface area contributed by atoms with Crippen LogP contribution in [-0.2, 0) is 20.7 Å². The van der Waals surface area contributed by atoms with Gasteiger partial charge in [0.2, 0.25) is 0 Å². The maximum absolute atomic E-state index is 12.4. The molecular formula is C23H25ClN4O4S. The number of hydrogen-bond acceptors (Lipinski definition) is 6. The van der Waals surface area contributed by atoms with E-state index in [1.165, 1.54) is 4.90 Å². The van der Waals surface area contributed by atoms with Gasteiger partial charge in [0, 0.05) is 41.5 Å². The van der Waals surface area contributed by atoms with Crippen molar-refractivity contribution in [1.82, 2.24) is 10.2 Å². The number of nitrogens with zero attached hydrogens (tertiary/aromatic N) is 2. The molecular weight excluding hydrogens is 464 g/mol. The summed E-state index contributed by atoms with van der Waals surface area (Å²) >= 11 is 11.2. The van der Waals surface area contributed by atoms with Crippen molar-refractivity contribution in [2.75, 3.05) is 44.3 Å². The number of morpholine rings is 1. The Bertz CT molecular complexity index is 1020. The van der Waals surface area contributed by atoms with Gasteiger partial charge in [0.25, 0.3) is 5.91 Å². The van der Waals surface area contributed by atoms with Crippen molar-refractivity contribution in [3.05, 3.63) is 52.6 Å². The van der Waals surface area contributed by atoms with E-state index in [9.17, 15) is 9.59 Å². The van der Waals surface area contributed by atoms with Crippen molar-refractivity contribution < 1.29 is 19.1 Å². The molecule has 0 saturated carbocycles. The molecule has 0 bridgehead atoms. The van der Waals surface area contributed by atoms with Crippen LogP contribution >= 0.6 is 23.8 Å². The fourth-order valence-corrected chi connectivity index (χ4v) is 4.26. The van der Waals surface area contributed by atoms with Crippen molar-refractivity contribution in [2.24, 2.45) is 0 Å². The number of benzene rings is 1. The molecule has 3 aliphatic rings. The lowest BCUT2D eigenvalue weighted by Gasteiger charge is -2.29. The number of carbonyl (C=O) groups is 2. The van der Waals surface area contributed by atoms with E-state index < -0.39 is 12.2 Å². The van der Waals surface area contributed by atoms with E-state index in [1.807, 2.05) is 29.2 Å². The molecule has 2 N–H and O–H groups in total. The molecule has 2 aliphatic heterocycles. The molecule has 0 aromatic heterocycles. The molecule has 2 saturated heterocycles. The Morgan fingerprint density at radius 1 is 1.24 bits per heavy atom. The van der Waals surface area contributed by atoms with Crippen LogP contribution in [0.2, 0.25) is 0 Å². The Hall–Kier alpha value is -2.75. The fraction of sp³-hybridized carbons (Fsp3) is 0.391. The SMILES string of the molecule is N=C(Cc1ccc(N2CC(CNC(=O)C3=CC(Cl)=CCC3=S)OC2=O)cc1)N1CCOCC1. The van der Waals surface area contributed by atoms with Crippen LogP contribution in [0.15, 0.2) is 47.0 Å². The first-order valence-corrected chi connectivity index (χ1v) is 11.6. The van der Waals surface area contributed by atoms with E-state index in [0.29, 0.717) is 59.6 Å². The lowest BCUT2D eigenvalue weighted by molar-refractivity contribution is -0.117. The summed E-state index contributed by atoms with van der Waals surface area (Å²) in [5, 5.41) is 11.6. The Morgan fingerprint density at radius 3 is 2.70 bits per heavy atom. The lowest BCUT2D eigenvalue weighted by Crippen LogP contribution is -2.41. The molecule has 2 fully saturated rings. The molecule has 1 aromatic rings. The van der Waals surface area contributed by atoms with Crippen molar-refractivity contribution in [3.63, 3.8) is 0 Å². The number of ether oxygens (including phenoxy) is 2. The van der Waals surface area contributed by atoms with E-state index in [2.05, 4.69) is 5.32 Å². The second kappa shape index (κ2) is 10.5. The monoisotopic (exact) mass is 488 g/mol. The summed E-state index contributed by atoms with van der Waals surface area (Å²) in [4.78, 5) is 28.9. The standard InChI is InChI=1S/C23H25ClN4O4S/c24-16-3-6-20(33)19(12-16)22(29)26-13-18-14-28(23(30)32-18)17-4-1-15(2-5-17)11-21(25)27-7-9-31-10-8-27/h1-5,12,18,25H,6-11,13-14H2,(H,26,29). The van der Waals surface area contributed by atoms with Crippen LogP contribution < -0.4 is 10.2 Å². The Labute approximate surface area is 202 Å². The Balaban J connectivity index is 1.30. The van der Waals surface area contributed by atoms with Gasteiger partial charge in [0.05, 0.1) is 31.9 Å². The minimum Gasteiger partial charge on any atom is -0.442 e. The molecule has 4 rings (SSSR count). The number of allylic oxidation sites excluding steroid dienone is 3. The molecule has 1 unspecified atom stereocenters. The van der Waals surface area contributed by atoms with Crippen LogP contribution in [0.3, 0.4) is 0 Å². The van der Waals surface area contributed by atoms with Crippen molar-refractivity contribution in [2.45, 2.75) is 18.9 Å². The van der Waals surface area contributed by atoms with Crippen molar-refractivity contribution in [1.29, 1.82) is 5.41 Å². The van der Waals surface area contributed by atoms with Gasteiger partial charge in [-0.3, -0.25) is 15.1 Å². The summed E-state index contributed by atoms with van der Waals surface area (Å²) in [6, 6.07) is 7.54.